The van der Waals surface area contributed by atoms with Gasteiger partial charge in [-0.2, -0.15) is 13.2 Å². The fourth-order valence-electron chi connectivity index (χ4n) is 0.938. The van der Waals surface area contributed by atoms with Crippen LogP contribution in [0.4, 0.5) is 13.2 Å². The van der Waals surface area contributed by atoms with E-state index >= 15 is 0 Å². The number of carboxylic acid groups (broad SMARTS) is 1. The minimum Gasteiger partial charge on any atom is -0.475 e. The molecule has 4 nitrogen and oxygen atoms in total. The van der Waals surface area contributed by atoms with Gasteiger partial charge in [-0.05, 0) is 6.07 Å². The Kier molecular flexibility index (Phi) is 2.74. The monoisotopic (exact) mass is 219 g/mol. The third kappa shape index (κ3) is 2.30. The number of carboxylic acids is 1. The van der Waals surface area contributed by atoms with Gasteiger partial charge in [0.15, 0.2) is 0 Å². The van der Waals surface area contributed by atoms with Crippen LogP contribution in [-0.4, -0.2) is 21.8 Å². The molecule has 0 atom stereocenters. The summed E-state index contributed by atoms with van der Waals surface area (Å²) in [5, 5.41) is 8.28. The van der Waals surface area contributed by atoms with Crippen molar-refractivity contribution in [2.24, 2.45) is 0 Å². The first-order chi connectivity index (χ1) is 6.84. The maximum atomic E-state index is 12.3. The first-order valence-electron chi connectivity index (χ1n) is 3.63. The minimum absolute atomic E-state index is 0.552. The van der Waals surface area contributed by atoms with Crippen LogP contribution in [0.2, 0.25) is 0 Å². The Morgan fingerprint density at radius 3 is 2.40 bits per heavy atom. The zero-order valence-corrected chi connectivity index (χ0v) is 7.08. The molecule has 0 spiro atoms. The number of carbonyl (C=O) groups excluding carboxylic acids is 1. The molecule has 1 N–H and O–H groups in total. The SMILES string of the molecule is O=C(O)C(=O)c1cnccc1C(F)(F)F. The molecule has 0 fully saturated rings. The number of rotatable bonds is 2. The Bertz CT molecular complexity index is 414. The molecule has 80 valence electrons. The zero-order valence-electron chi connectivity index (χ0n) is 7.08. The predicted molar refractivity (Wildman–Crippen MR) is 41.2 cm³/mol. The van der Waals surface area contributed by atoms with E-state index in [2.05, 4.69) is 4.98 Å². The average Bonchev–Trinajstić information content (AvgIpc) is 2.15. The molecule has 0 bridgehead atoms. The van der Waals surface area contributed by atoms with Gasteiger partial charge in [0.2, 0.25) is 0 Å². The summed E-state index contributed by atoms with van der Waals surface area (Å²) in [6.45, 7) is 0. The van der Waals surface area contributed by atoms with Crippen molar-refractivity contribution in [3.05, 3.63) is 29.6 Å². The van der Waals surface area contributed by atoms with Gasteiger partial charge in [-0.1, -0.05) is 0 Å². The number of hydrogen-bond acceptors (Lipinski definition) is 3. The largest absolute Gasteiger partial charge is 0.475 e. The number of carbonyl (C=O) groups is 2. The second kappa shape index (κ2) is 3.68. The summed E-state index contributed by atoms with van der Waals surface area (Å²) in [5.41, 5.74) is -2.26. The predicted octanol–water partition coefficient (Wildman–Crippen LogP) is 1.37. The number of aliphatic carboxylic acids is 1. The van der Waals surface area contributed by atoms with Gasteiger partial charge in [-0.15, -0.1) is 0 Å². The molecule has 0 saturated heterocycles. The second-order valence-electron chi connectivity index (χ2n) is 2.55. The van der Waals surface area contributed by atoms with E-state index < -0.39 is 29.1 Å². The zero-order chi connectivity index (χ0) is 11.6. The van der Waals surface area contributed by atoms with Gasteiger partial charge in [0.1, 0.15) is 0 Å². The quantitative estimate of drug-likeness (QED) is 0.602. The molecule has 0 unspecified atom stereocenters. The second-order valence-corrected chi connectivity index (χ2v) is 2.55. The standard InChI is InChI=1S/C8H4F3NO3/c9-8(10,11)5-1-2-12-3-4(5)6(13)7(14)15/h1-3H,(H,14,15). The van der Waals surface area contributed by atoms with Crippen molar-refractivity contribution in [2.45, 2.75) is 6.18 Å². The molecule has 1 rings (SSSR count). The number of Topliss-reactive ketones (excluding diaryl/α,β-unsaturated/α-hetero) is 1. The lowest BCUT2D eigenvalue weighted by Gasteiger charge is -2.09. The Balaban J connectivity index is 3.31. The van der Waals surface area contributed by atoms with Crippen LogP contribution in [0.5, 0.6) is 0 Å². The summed E-state index contributed by atoms with van der Waals surface area (Å²) >= 11 is 0. The highest BCUT2D eigenvalue weighted by atomic mass is 19.4. The molecule has 0 aliphatic carbocycles. The number of hydrogen-bond donors (Lipinski definition) is 1. The van der Waals surface area contributed by atoms with E-state index in [0.29, 0.717) is 12.3 Å². The van der Waals surface area contributed by atoms with E-state index in [0.717, 1.165) is 6.20 Å². The molecule has 1 aromatic heterocycles. The van der Waals surface area contributed by atoms with Crippen LogP contribution in [0, 0.1) is 0 Å². The molecule has 15 heavy (non-hydrogen) atoms. The summed E-state index contributed by atoms with van der Waals surface area (Å²) in [4.78, 5) is 24.4. The first kappa shape index (κ1) is 11.2. The summed E-state index contributed by atoms with van der Waals surface area (Å²) in [6, 6.07) is 0.552. The molecule has 0 saturated carbocycles. The topological polar surface area (TPSA) is 67.3 Å². The maximum Gasteiger partial charge on any atom is 0.417 e. The van der Waals surface area contributed by atoms with Crippen LogP contribution in [0.15, 0.2) is 18.5 Å². The summed E-state index contributed by atoms with van der Waals surface area (Å²) in [6.07, 6.45) is -3.36. The number of pyridine rings is 1. The van der Waals surface area contributed by atoms with Crippen molar-refractivity contribution in [3.63, 3.8) is 0 Å². The number of halogens is 3. The van der Waals surface area contributed by atoms with Crippen molar-refractivity contribution in [3.8, 4) is 0 Å². The van der Waals surface area contributed by atoms with Gasteiger partial charge in [-0.25, -0.2) is 4.79 Å². The van der Waals surface area contributed by atoms with E-state index in [1.165, 1.54) is 0 Å². The maximum absolute atomic E-state index is 12.3. The molecule has 0 amide bonds. The lowest BCUT2D eigenvalue weighted by atomic mass is 10.1. The summed E-state index contributed by atoms with van der Waals surface area (Å²) < 4.78 is 36.9. The Morgan fingerprint density at radius 2 is 1.93 bits per heavy atom. The smallest absolute Gasteiger partial charge is 0.417 e. The minimum atomic E-state index is -4.77. The van der Waals surface area contributed by atoms with E-state index in [1.807, 2.05) is 0 Å². The highest BCUT2D eigenvalue weighted by Crippen LogP contribution is 2.31. The van der Waals surface area contributed by atoms with Gasteiger partial charge >= 0.3 is 12.1 Å². The molecule has 0 radical (unpaired) electrons. The normalized spacial score (nSPS) is 11.1. The molecule has 1 aromatic rings. The molecule has 0 aliphatic heterocycles. The molecule has 7 heteroatoms. The van der Waals surface area contributed by atoms with Crippen LogP contribution in [0.1, 0.15) is 15.9 Å². The lowest BCUT2D eigenvalue weighted by molar-refractivity contribution is -0.138. The van der Waals surface area contributed by atoms with Gasteiger partial charge in [0.05, 0.1) is 11.1 Å². The van der Waals surface area contributed by atoms with Crippen LogP contribution in [0.25, 0.3) is 0 Å². The fraction of sp³-hybridized carbons (Fsp3) is 0.125. The average molecular weight is 219 g/mol. The van der Waals surface area contributed by atoms with E-state index in [-0.39, 0.29) is 0 Å². The fourth-order valence-corrected chi connectivity index (χ4v) is 0.938. The molecule has 0 aromatic carbocycles. The van der Waals surface area contributed by atoms with Crippen molar-refractivity contribution in [1.82, 2.24) is 4.98 Å². The summed E-state index contributed by atoms with van der Waals surface area (Å²) in [7, 11) is 0. The number of ketones is 1. The van der Waals surface area contributed by atoms with Crippen molar-refractivity contribution in [2.75, 3.05) is 0 Å². The lowest BCUT2D eigenvalue weighted by Crippen LogP contribution is -2.19. The van der Waals surface area contributed by atoms with E-state index in [1.54, 1.807) is 0 Å². The van der Waals surface area contributed by atoms with E-state index in [9.17, 15) is 22.8 Å². The Hall–Kier alpha value is -1.92. The van der Waals surface area contributed by atoms with Crippen LogP contribution < -0.4 is 0 Å². The molecule has 0 aliphatic rings. The Morgan fingerprint density at radius 1 is 1.33 bits per heavy atom. The third-order valence-electron chi connectivity index (χ3n) is 1.57. The highest BCUT2D eigenvalue weighted by molar-refractivity contribution is 6.40. The van der Waals surface area contributed by atoms with Crippen molar-refractivity contribution < 1.29 is 27.9 Å². The highest BCUT2D eigenvalue weighted by Gasteiger charge is 2.36. The third-order valence-corrected chi connectivity index (χ3v) is 1.57. The number of alkyl halides is 3. The van der Waals surface area contributed by atoms with Gasteiger partial charge in [-0.3, -0.25) is 9.78 Å². The van der Waals surface area contributed by atoms with Gasteiger partial charge in [0.25, 0.3) is 5.78 Å². The van der Waals surface area contributed by atoms with Crippen LogP contribution in [-0.2, 0) is 11.0 Å². The van der Waals surface area contributed by atoms with Crippen LogP contribution >= 0.6 is 0 Å². The van der Waals surface area contributed by atoms with Crippen molar-refractivity contribution >= 4 is 11.8 Å². The molecular weight excluding hydrogens is 215 g/mol. The van der Waals surface area contributed by atoms with E-state index in [4.69, 9.17) is 5.11 Å². The Labute approximate surface area is 81.4 Å². The van der Waals surface area contributed by atoms with Crippen molar-refractivity contribution in [1.29, 1.82) is 0 Å². The molecular formula is C8H4F3NO3. The van der Waals surface area contributed by atoms with Gasteiger partial charge < -0.3 is 5.11 Å². The van der Waals surface area contributed by atoms with Gasteiger partial charge in [0, 0.05) is 12.4 Å². The number of nitrogens with zero attached hydrogens (tertiary/aromatic N) is 1. The first-order valence-corrected chi connectivity index (χ1v) is 3.63. The summed E-state index contributed by atoms with van der Waals surface area (Å²) in [5.74, 6) is -3.58. The molecule has 1 heterocycles. The number of aromatic nitrogens is 1. The van der Waals surface area contributed by atoms with Crippen LogP contribution in [0.3, 0.4) is 0 Å².